The van der Waals surface area contributed by atoms with E-state index < -0.39 is 12.2 Å². The van der Waals surface area contributed by atoms with Gasteiger partial charge in [0.2, 0.25) is 0 Å². The maximum atomic E-state index is 12.3. The van der Waals surface area contributed by atoms with Gasteiger partial charge in [-0.2, -0.15) is 0 Å². The van der Waals surface area contributed by atoms with Crippen LogP contribution >= 0.6 is 0 Å². The molecule has 2 aliphatic rings. The summed E-state index contributed by atoms with van der Waals surface area (Å²) in [5.41, 5.74) is 3.19. The Balaban J connectivity index is 1.39. The molecule has 1 saturated carbocycles. The molecule has 3 aromatic rings. The second-order valence-electron chi connectivity index (χ2n) is 9.29. The Morgan fingerprint density at radius 1 is 0.639 bits per heavy atom. The first-order chi connectivity index (χ1) is 17.7. The average Bonchev–Trinajstić information content (AvgIpc) is 3.73. The zero-order chi connectivity index (χ0) is 24.7. The highest BCUT2D eigenvalue weighted by molar-refractivity contribution is 5.69. The van der Waals surface area contributed by atoms with Crippen molar-refractivity contribution in [1.29, 1.82) is 0 Å². The van der Waals surface area contributed by atoms with Crippen molar-refractivity contribution >= 4 is 5.97 Å². The molecule has 0 aromatic heterocycles. The minimum atomic E-state index is -0.420. The lowest BCUT2D eigenvalue weighted by atomic mass is 9.80. The van der Waals surface area contributed by atoms with Crippen LogP contribution in [0.15, 0.2) is 91.0 Å². The predicted octanol–water partition coefficient (Wildman–Crippen LogP) is 4.70. The molecule has 1 heterocycles. The number of hydrogen-bond acceptors (Lipinski definition) is 6. The quantitative estimate of drug-likeness (QED) is 0.288. The van der Waals surface area contributed by atoms with Gasteiger partial charge in [-0.05, 0) is 16.7 Å². The van der Waals surface area contributed by atoms with Crippen molar-refractivity contribution in [3.05, 3.63) is 108 Å². The van der Waals surface area contributed by atoms with E-state index >= 15 is 0 Å². The summed E-state index contributed by atoms with van der Waals surface area (Å²) in [6, 6.07) is 30.1. The minimum absolute atomic E-state index is 0.137. The van der Waals surface area contributed by atoms with E-state index in [-0.39, 0.29) is 36.6 Å². The summed E-state index contributed by atoms with van der Waals surface area (Å²) in [4.78, 5) is 12.3. The first-order valence-electron chi connectivity index (χ1n) is 12.4. The van der Waals surface area contributed by atoms with Crippen LogP contribution in [0.5, 0.6) is 0 Å². The molecule has 0 N–H and O–H groups in total. The summed E-state index contributed by atoms with van der Waals surface area (Å²) in [5.74, 6) is -0.475. The van der Waals surface area contributed by atoms with Crippen molar-refractivity contribution in [3.63, 3.8) is 0 Å². The lowest BCUT2D eigenvalue weighted by Crippen LogP contribution is -2.55. The first kappa shape index (κ1) is 24.7. The highest BCUT2D eigenvalue weighted by Gasteiger charge is 2.62. The summed E-state index contributed by atoms with van der Waals surface area (Å²) < 4.78 is 30.6. The molecule has 6 nitrogen and oxygen atoms in total. The normalized spacial score (nSPS) is 26.7. The van der Waals surface area contributed by atoms with Gasteiger partial charge in [0.15, 0.2) is 0 Å². The van der Waals surface area contributed by atoms with Gasteiger partial charge in [0, 0.05) is 5.92 Å². The summed E-state index contributed by atoms with van der Waals surface area (Å²) >= 11 is 0. The maximum Gasteiger partial charge on any atom is 0.305 e. The Morgan fingerprint density at radius 3 is 1.56 bits per heavy atom. The molecule has 2 fully saturated rings. The Bertz CT molecular complexity index is 1090. The number of rotatable bonds is 11. The molecule has 6 heteroatoms. The number of epoxide rings is 1. The second kappa shape index (κ2) is 11.8. The average molecular weight is 489 g/mol. The highest BCUT2D eigenvalue weighted by atomic mass is 16.6. The summed E-state index contributed by atoms with van der Waals surface area (Å²) in [7, 11) is 1.41. The number of carbonyl (C=O) groups is 1. The van der Waals surface area contributed by atoms with Crippen molar-refractivity contribution in [3.8, 4) is 0 Å². The molecule has 1 saturated heterocycles. The topological polar surface area (TPSA) is 66.5 Å². The van der Waals surface area contributed by atoms with E-state index in [1.165, 1.54) is 7.11 Å². The van der Waals surface area contributed by atoms with E-state index in [4.69, 9.17) is 23.7 Å². The third kappa shape index (κ3) is 6.02. The molecule has 0 amide bonds. The van der Waals surface area contributed by atoms with Gasteiger partial charge in [-0.15, -0.1) is 0 Å². The second-order valence-corrected chi connectivity index (χ2v) is 9.29. The van der Waals surface area contributed by atoms with E-state index in [2.05, 4.69) is 0 Å². The van der Waals surface area contributed by atoms with Gasteiger partial charge in [-0.3, -0.25) is 4.79 Å². The third-order valence-electron chi connectivity index (χ3n) is 6.86. The van der Waals surface area contributed by atoms with Crippen LogP contribution in [0.3, 0.4) is 0 Å². The zero-order valence-corrected chi connectivity index (χ0v) is 20.4. The summed E-state index contributed by atoms with van der Waals surface area (Å²) in [6.45, 7) is 1.25. The van der Waals surface area contributed by atoms with Crippen LogP contribution in [-0.4, -0.2) is 43.6 Å². The maximum absolute atomic E-state index is 12.3. The fraction of sp³-hybridized carbons (Fsp3) is 0.367. The van der Waals surface area contributed by atoms with Gasteiger partial charge in [0.1, 0.15) is 18.3 Å². The number of carbonyl (C=O) groups excluding carboxylic acids is 1. The van der Waals surface area contributed by atoms with Gasteiger partial charge in [0.25, 0.3) is 0 Å². The molecule has 0 unspecified atom stereocenters. The van der Waals surface area contributed by atoms with E-state index in [1.54, 1.807) is 0 Å². The van der Waals surface area contributed by atoms with Crippen LogP contribution in [0, 0.1) is 5.92 Å². The Kier molecular flexibility index (Phi) is 8.08. The van der Waals surface area contributed by atoms with Crippen LogP contribution in [-0.2, 0) is 48.3 Å². The highest BCUT2D eigenvalue weighted by Crippen LogP contribution is 2.47. The number of benzene rings is 3. The molecule has 6 atom stereocenters. The number of esters is 1. The molecule has 188 valence electrons. The van der Waals surface area contributed by atoms with Crippen molar-refractivity contribution in [2.75, 3.05) is 7.11 Å². The van der Waals surface area contributed by atoms with Gasteiger partial charge < -0.3 is 23.7 Å². The van der Waals surface area contributed by atoms with Crippen molar-refractivity contribution in [2.24, 2.45) is 5.92 Å². The molecule has 3 aromatic carbocycles. The summed E-state index contributed by atoms with van der Waals surface area (Å²) in [6.07, 6.45) is -1.24. The lowest BCUT2D eigenvalue weighted by molar-refractivity contribution is -0.182. The third-order valence-corrected chi connectivity index (χ3v) is 6.86. The van der Waals surface area contributed by atoms with Crippen molar-refractivity contribution in [2.45, 2.75) is 56.8 Å². The molecule has 5 rings (SSSR count). The predicted molar refractivity (Wildman–Crippen MR) is 134 cm³/mol. The monoisotopic (exact) mass is 488 g/mol. The molecule has 36 heavy (non-hydrogen) atoms. The molecule has 0 radical (unpaired) electrons. The fourth-order valence-corrected chi connectivity index (χ4v) is 4.96. The largest absolute Gasteiger partial charge is 0.469 e. The number of fused-ring (bicyclic) bond motifs is 1. The van der Waals surface area contributed by atoms with Gasteiger partial charge in [-0.25, -0.2) is 0 Å². The van der Waals surface area contributed by atoms with E-state index in [9.17, 15) is 4.79 Å². The Labute approximate surface area is 212 Å². The van der Waals surface area contributed by atoms with Crippen molar-refractivity contribution in [1.82, 2.24) is 0 Å². The van der Waals surface area contributed by atoms with Gasteiger partial charge in [0.05, 0.1) is 45.6 Å². The molecule has 0 spiro atoms. The fourth-order valence-electron chi connectivity index (χ4n) is 4.96. The zero-order valence-electron chi connectivity index (χ0n) is 20.4. The number of methoxy groups -OCH3 is 1. The SMILES string of the molecule is COC(=O)C[C@@H]1[C@@H](OCc2ccccc2)[C@H](OCc2ccccc2)[C@@H](OCc2ccccc2)[C@H]2O[C@@H]12. The molecular weight excluding hydrogens is 456 g/mol. The first-order valence-corrected chi connectivity index (χ1v) is 12.4. The lowest BCUT2D eigenvalue weighted by Gasteiger charge is -2.40. The van der Waals surface area contributed by atoms with Crippen LogP contribution in [0.25, 0.3) is 0 Å². The van der Waals surface area contributed by atoms with Crippen LogP contribution in [0.2, 0.25) is 0 Å². The Morgan fingerprint density at radius 2 is 1.08 bits per heavy atom. The van der Waals surface area contributed by atoms with Gasteiger partial charge >= 0.3 is 5.97 Å². The van der Waals surface area contributed by atoms with Crippen molar-refractivity contribution < 1.29 is 28.5 Å². The van der Waals surface area contributed by atoms with Crippen LogP contribution in [0.4, 0.5) is 0 Å². The molecule has 1 aliphatic heterocycles. The molecular formula is C30H32O6. The Hall–Kier alpha value is -3.03. The molecule has 0 bridgehead atoms. The van der Waals surface area contributed by atoms with E-state index in [0.717, 1.165) is 16.7 Å². The summed E-state index contributed by atoms with van der Waals surface area (Å²) in [5, 5.41) is 0. The standard InChI is InChI=1S/C30H32O6/c1-32-25(31)17-24-26(33-18-21-11-5-2-6-12-21)28(34-19-22-13-7-3-8-14-22)29(30-27(24)36-30)35-20-23-15-9-4-10-16-23/h2-16,24,26-30H,17-20H2,1H3/t24-,26-,27+,28+,29-,30+/m1/s1. The smallest absolute Gasteiger partial charge is 0.305 e. The van der Waals surface area contributed by atoms with Gasteiger partial charge in [-0.1, -0.05) is 91.0 Å². The minimum Gasteiger partial charge on any atom is -0.469 e. The van der Waals surface area contributed by atoms with E-state index in [1.807, 2.05) is 91.0 Å². The number of ether oxygens (including phenoxy) is 5. The molecule has 1 aliphatic carbocycles. The van der Waals surface area contributed by atoms with E-state index in [0.29, 0.717) is 19.8 Å². The van der Waals surface area contributed by atoms with Crippen LogP contribution in [0.1, 0.15) is 23.1 Å². The number of hydrogen-bond donors (Lipinski definition) is 0. The van der Waals surface area contributed by atoms with Crippen LogP contribution < -0.4 is 0 Å².